The summed E-state index contributed by atoms with van der Waals surface area (Å²) in [6.45, 7) is 5.79. The van der Waals surface area contributed by atoms with Crippen LogP contribution in [0.15, 0.2) is 0 Å². The predicted octanol–water partition coefficient (Wildman–Crippen LogP) is 0.595. The molecule has 2 saturated heterocycles. The number of aliphatic hydroxyl groups is 1. The van der Waals surface area contributed by atoms with Gasteiger partial charge in [0.05, 0.1) is 12.2 Å². The zero-order valence-corrected chi connectivity index (χ0v) is 9.39. The summed E-state index contributed by atoms with van der Waals surface area (Å²) >= 11 is 0. The highest BCUT2D eigenvalue weighted by molar-refractivity contribution is 4.81. The largest absolute Gasteiger partial charge is 0.390 e. The van der Waals surface area contributed by atoms with Crippen LogP contribution in [0, 0.1) is 0 Å². The molecule has 2 aliphatic rings. The van der Waals surface area contributed by atoms with Crippen LogP contribution in [-0.4, -0.2) is 54.7 Å². The van der Waals surface area contributed by atoms with E-state index in [4.69, 9.17) is 9.47 Å². The molecule has 0 aromatic heterocycles. The molecule has 2 aliphatic heterocycles. The topological polar surface area (TPSA) is 41.9 Å². The number of ether oxygens (including phenoxy) is 2. The van der Waals surface area contributed by atoms with E-state index in [-0.39, 0.29) is 18.5 Å². The van der Waals surface area contributed by atoms with Crippen molar-refractivity contribution in [2.45, 2.75) is 44.7 Å². The van der Waals surface area contributed by atoms with Gasteiger partial charge >= 0.3 is 0 Å². The van der Waals surface area contributed by atoms with Gasteiger partial charge in [0.25, 0.3) is 0 Å². The van der Waals surface area contributed by atoms with E-state index in [0.717, 1.165) is 32.5 Å². The van der Waals surface area contributed by atoms with Crippen LogP contribution in [0.1, 0.15) is 26.2 Å². The Labute approximate surface area is 91.2 Å². The monoisotopic (exact) mass is 215 g/mol. The Balaban J connectivity index is 1.78. The van der Waals surface area contributed by atoms with Gasteiger partial charge in [-0.25, -0.2) is 0 Å². The molecule has 4 nitrogen and oxygen atoms in total. The Morgan fingerprint density at radius 3 is 2.80 bits per heavy atom. The molecule has 88 valence electrons. The summed E-state index contributed by atoms with van der Waals surface area (Å²) in [5, 5.41) is 9.82. The lowest BCUT2D eigenvalue weighted by atomic mass is 10.0. The second-order valence-corrected chi connectivity index (χ2v) is 4.36. The summed E-state index contributed by atoms with van der Waals surface area (Å²) in [4.78, 5) is 2.32. The zero-order valence-electron chi connectivity index (χ0n) is 9.39. The molecular weight excluding hydrogens is 194 g/mol. The fraction of sp³-hybridized carbons (Fsp3) is 1.00. The third-order valence-electron chi connectivity index (χ3n) is 3.19. The van der Waals surface area contributed by atoms with Crippen LogP contribution in [0.3, 0.4) is 0 Å². The summed E-state index contributed by atoms with van der Waals surface area (Å²) in [7, 11) is 0. The van der Waals surface area contributed by atoms with Crippen molar-refractivity contribution in [3.05, 3.63) is 0 Å². The lowest BCUT2D eigenvalue weighted by molar-refractivity contribution is -0.225. The van der Waals surface area contributed by atoms with Gasteiger partial charge in [0, 0.05) is 19.6 Å². The van der Waals surface area contributed by atoms with Gasteiger partial charge in [-0.05, 0) is 32.9 Å². The van der Waals surface area contributed by atoms with E-state index in [1.165, 1.54) is 6.42 Å². The molecule has 0 spiro atoms. The van der Waals surface area contributed by atoms with Crippen LogP contribution in [0.4, 0.5) is 0 Å². The number of nitrogens with zero attached hydrogens (tertiary/aromatic N) is 1. The van der Waals surface area contributed by atoms with Crippen LogP contribution in [0.25, 0.3) is 0 Å². The lowest BCUT2D eigenvalue weighted by Crippen LogP contribution is -2.50. The quantitative estimate of drug-likeness (QED) is 0.745. The Hall–Kier alpha value is -0.160. The highest BCUT2D eigenvalue weighted by atomic mass is 16.7. The van der Waals surface area contributed by atoms with Crippen molar-refractivity contribution in [3.8, 4) is 0 Å². The van der Waals surface area contributed by atoms with Crippen LogP contribution < -0.4 is 0 Å². The molecule has 0 aromatic carbocycles. The molecule has 2 heterocycles. The average Bonchev–Trinajstić information content (AvgIpc) is 2.16. The second-order valence-electron chi connectivity index (χ2n) is 4.36. The first-order valence-electron chi connectivity index (χ1n) is 5.97. The molecule has 0 radical (unpaired) electrons. The second kappa shape index (κ2) is 5.25. The van der Waals surface area contributed by atoms with Crippen molar-refractivity contribution in [2.24, 2.45) is 0 Å². The van der Waals surface area contributed by atoms with Gasteiger partial charge in [-0.2, -0.15) is 0 Å². The minimum Gasteiger partial charge on any atom is -0.390 e. The molecule has 15 heavy (non-hydrogen) atoms. The minimum atomic E-state index is -0.317. The molecule has 1 N–H and O–H groups in total. The highest BCUT2D eigenvalue weighted by Crippen LogP contribution is 2.22. The molecule has 0 bridgehead atoms. The van der Waals surface area contributed by atoms with Crippen molar-refractivity contribution < 1.29 is 14.6 Å². The third-order valence-corrected chi connectivity index (χ3v) is 3.19. The number of likely N-dealkylation sites (tertiary alicyclic amines) is 1. The van der Waals surface area contributed by atoms with E-state index in [0.29, 0.717) is 6.61 Å². The molecule has 2 fully saturated rings. The number of aliphatic hydroxyl groups excluding tert-OH is 1. The Morgan fingerprint density at radius 2 is 2.20 bits per heavy atom. The van der Waals surface area contributed by atoms with Crippen molar-refractivity contribution >= 4 is 0 Å². The molecule has 0 aromatic rings. The molecule has 0 aliphatic carbocycles. The van der Waals surface area contributed by atoms with E-state index in [1.807, 2.05) is 6.92 Å². The maximum Gasteiger partial charge on any atom is 0.158 e. The van der Waals surface area contributed by atoms with Gasteiger partial charge < -0.3 is 19.5 Å². The van der Waals surface area contributed by atoms with Gasteiger partial charge in [0.2, 0.25) is 0 Å². The van der Waals surface area contributed by atoms with Crippen molar-refractivity contribution in [2.75, 3.05) is 26.2 Å². The first-order chi connectivity index (χ1) is 7.29. The number of hydrogen-bond donors (Lipinski definition) is 1. The molecular formula is C11H21NO3. The smallest absolute Gasteiger partial charge is 0.158 e. The number of hydrogen-bond acceptors (Lipinski definition) is 4. The Kier molecular flexibility index (Phi) is 3.97. The van der Waals surface area contributed by atoms with E-state index < -0.39 is 0 Å². The molecule has 0 saturated carbocycles. The zero-order chi connectivity index (χ0) is 10.7. The van der Waals surface area contributed by atoms with Gasteiger partial charge in [0.15, 0.2) is 6.29 Å². The van der Waals surface area contributed by atoms with Gasteiger partial charge in [-0.3, -0.25) is 0 Å². The Morgan fingerprint density at radius 1 is 1.40 bits per heavy atom. The maximum absolute atomic E-state index is 9.82. The van der Waals surface area contributed by atoms with Gasteiger partial charge in [-0.1, -0.05) is 0 Å². The number of rotatable bonds is 4. The average molecular weight is 215 g/mol. The molecule has 4 heteroatoms. The Bertz CT molecular complexity index is 196. The molecule has 2 rings (SSSR count). The SMILES string of the molecule is CCOC1CCC(O)C(CN2CCC2)O1. The fourth-order valence-electron chi connectivity index (χ4n) is 2.14. The van der Waals surface area contributed by atoms with Crippen LogP contribution >= 0.6 is 0 Å². The van der Waals surface area contributed by atoms with Gasteiger partial charge in [-0.15, -0.1) is 0 Å². The summed E-state index contributed by atoms with van der Waals surface area (Å²) in [5.74, 6) is 0. The van der Waals surface area contributed by atoms with Crippen LogP contribution in [0.5, 0.6) is 0 Å². The summed E-state index contributed by atoms with van der Waals surface area (Å²) in [6, 6.07) is 0. The van der Waals surface area contributed by atoms with Crippen LogP contribution in [-0.2, 0) is 9.47 Å². The first-order valence-corrected chi connectivity index (χ1v) is 5.97. The van der Waals surface area contributed by atoms with Crippen molar-refractivity contribution in [1.29, 1.82) is 0 Å². The first kappa shape index (κ1) is 11.3. The van der Waals surface area contributed by atoms with Crippen molar-refractivity contribution in [1.82, 2.24) is 4.90 Å². The normalized spacial score (nSPS) is 37.6. The standard InChI is InChI=1S/C11H21NO3/c1-2-14-11-5-4-9(13)10(15-11)8-12-6-3-7-12/h9-11,13H,2-8H2,1H3. The van der Waals surface area contributed by atoms with E-state index >= 15 is 0 Å². The highest BCUT2D eigenvalue weighted by Gasteiger charge is 2.32. The molecule has 0 amide bonds. The summed E-state index contributed by atoms with van der Waals surface area (Å²) in [5.41, 5.74) is 0. The van der Waals surface area contributed by atoms with E-state index in [1.54, 1.807) is 0 Å². The third kappa shape index (κ3) is 2.91. The minimum absolute atomic E-state index is 0.0596. The van der Waals surface area contributed by atoms with Crippen molar-refractivity contribution in [3.63, 3.8) is 0 Å². The van der Waals surface area contributed by atoms with E-state index in [2.05, 4.69) is 4.90 Å². The maximum atomic E-state index is 9.82. The molecule has 3 unspecified atom stereocenters. The fourth-order valence-corrected chi connectivity index (χ4v) is 2.14. The van der Waals surface area contributed by atoms with Gasteiger partial charge in [0.1, 0.15) is 0 Å². The van der Waals surface area contributed by atoms with E-state index in [9.17, 15) is 5.11 Å². The predicted molar refractivity (Wildman–Crippen MR) is 56.6 cm³/mol. The lowest BCUT2D eigenvalue weighted by Gasteiger charge is -2.39. The summed E-state index contributed by atoms with van der Waals surface area (Å²) < 4.78 is 11.2. The summed E-state index contributed by atoms with van der Waals surface area (Å²) in [6.07, 6.45) is 2.40. The molecule has 3 atom stereocenters. The van der Waals surface area contributed by atoms with Crippen LogP contribution in [0.2, 0.25) is 0 Å².